The zero-order valence-corrected chi connectivity index (χ0v) is 11.2. The molecule has 0 amide bonds. The first kappa shape index (κ1) is 12.6. The molecule has 0 aliphatic heterocycles. The maximum atomic E-state index is 9.14. The SMILES string of the molecule is Cc1nc(Oc2ccc3ccccc3c2)ccc1CO. The first-order valence-electron chi connectivity index (χ1n) is 6.50. The normalized spacial score (nSPS) is 10.7. The van der Waals surface area contributed by atoms with Gasteiger partial charge < -0.3 is 9.84 Å². The smallest absolute Gasteiger partial charge is 0.219 e. The van der Waals surface area contributed by atoms with Crippen LogP contribution in [0.3, 0.4) is 0 Å². The molecule has 0 saturated carbocycles. The van der Waals surface area contributed by atoms with Gasteiger partial charge >= 0.3 is 0 Å². The minimum Gasteiger partial charge on any atom is -0.439 e. The fourth-order valence-corrected chi connectivity index (χ4v) is 2.14. The van der Waals surface area contributed by atoms with E-state index in [1.807, 2.05) is 43.3 Å². The Morgan fingerprint density at radius 1 is 1.00 bits per heavy atom. The van der Waals surface area contributed by atoms with Crippen molar-refractivity contribution in [3.63, 3.8) is 0 Å². The molecule has 1 N–H and O–H groups in total. The van der Waals surface area contributed by atoms with Crippen LogP contribution in [0.15, 0.2) is 54.6 Å². The summed E-state index contributed by atoms with van der Waals surface area (Å²) >= 11 is 0. The predicted octanol–water partition coefficient (Wildman–Crippen LogP) is 3.83. The van der Waals surface area contributed by atoms with E-state index < -0.39 is 0 Å². The van der Waals surface area contributed by atoms with Gasteiger partial charge in [0.15, 0.2) is 0 Å². The Morgan fingerprint density at radius 2 is 1.80 bits per heavy atom. The highest BCUT2D eigenvalue weighted by atomic mass is 16.5. The van der Waals surface area contributed by atoms with Gasteiger partial charge in [0, 0.05) is 11.8 Å². The van der Waals surface area contributed by atoms with Crippen LogP contribution < -0.4 is 4.74 Å². The number of ether oxygens (including phenoxy) is 1. The molecular formula is C17H15NO2. The summed E-state index contributed by atoms with van der Waals surface area (Å²) in [6, 6.07) is 17.7. The summed E-state index contributed by atoms with van der Waals surface area (Å²) in [6.45, 7) is 1.86. The fourth-order valence-electron chi connectivity index (χ4n) is 2.14. The van der Waals surface area contributed by atoms with Crippen LogP contribution in [0, 0.1) is 6.92 Å². The van der Waals surface area contributed by atoms with Gasteiger partial charge in [-0.2, -0.15) is 0 Å². The van der Waals surface area contributed by atoms with Crippen molar-refractivity contribution in [2.75, 3.05) is 0 Å². The molecule has 0 bridgehead atoms. The van der Waals surface area contributed by atoms with Gasteiger partial charge in [0.2, 0.25) is 5.88 Å². The van der Waals surface area contributed by atoms with Gasteiger partial charge in [0.25, 0.3) is 0 Å². The van der Waals surface area contributed by atoms with E-state index in [0.717, 1.165) is 22.4 Å². The first-order valence-corrected chi connectivity index (χ1v) is 6.50. The molecular weight excluding hydrogens is 250 g/mol. The van der Waals surface area contributed by atoms with Crippen LogP contribution in [-0.4, -0.2) is 10.1 Å². The molecule has 0 aliphatic rings. The largest absolute Gasteiger partial charge is 0.439 e. The number of aliphatic hydroxyl groups excluding tert-OH is 1. The van der Waals surface area contributed by atoms with Gasteiger partial charge in [0.05, 0.1) is 6.61 Å². The summed E-state index contributed by atoms with van der Waals surface area (Å²) in [4.78, 5) is 4.34. The number of fused-ring (bicyclic) bond motifs is 1. The van der Waals surface area contributed by atoms with Crippen molar-refractivity contribution in [3.05, 3.63) is 65.9 Å². The number of benzene rings is 2. The van der Waals surface area contributed by atoms with E-state index in [4.69, 9.17) is 9.84 Å². The molecule has 0 radical (unpaired) electrons. The van der Waals surface area contributed by atoms with E-state index in [2.05, 4.69) is 17.1 Å². The Balaban J connectivity index is 1.90. The second kappa shape index (κ2) is 5.31. The molecule has 0 fully saturated rings. The lowest BCUT2D eigenvalue weighted by Gasteiger charge is -2.08. The summed E-state index contributed by atoms with van der Waals surface area (Å²) in [6.07, 6.45) is 0. The molecule has 100 valence electrons. The summed E-state index contributed by atoms with van der Waals surface area (Å²) < 4.78 is 5.77. The molecule has 0 unspecified atom stereocenters. The number of pyridine rings is 1. The van der Waals surface area contributed by atoms with Gasteiger partial charge in [0.1, 0.15) is 5.75 Å². The molecule has 3 aromatic rings. The Labute approximate surface area is 117 Å². The summed E-state index contributed by atoms with van der Waals surface area (Å²) in [5, 5.41) is 11.4. The molecule has 0 spiro atoms. The van der Waals surface area contributed by atoms with E-state index in [1.54, 1.807) is 6.07 Å². The van der Waals surface area contributed by atoms with E-state index in [0.29, 0.717) is 5.88 Å². The van der Waals surface area contributed by atoms with Gasteiger partial charge in [-0.05, 0) is 41.5 Å². The highest BCUT2D eigenvalue weighted by molar-refractivity contribution is 5.83. The van der Waals surface area contributed by atoms with Crippen LogP contribution in [0.5, 0.6) is 11.6 Å². The second-order valence-corrected chi connectivity index (χ2v) is 4.66. The third-order valence-corrected chi connectivity index (χ3v) is 3.28. The van der Waals surface area contributed by atoms with Crippen molar-refractivity contribution in [3.8, 4) is 11.6 Å². The second-order valence-electron chi connectivity index (χ2n) is 4.66. The van der Waals surface area contributed by atoms with Crippen molar-refractivity contribution in [2.45, 2.75) is 13.5 Å². The number of nitrogens with zero attached hydrogens (tertiary/aromatic N) is 1. The molecule has 3 nitrogen and oxygen atoms in total. The highest BCUT2D eigenvalue weighted by Crippen LogP contribution is 2.25. The molecule has 2 aromatic carbocycles. The van der Waals surface area contributed by atoms with Crippen LogP contribution in [-0.2, 0) is 6.61 Å². The molecule has 1 aromatic heterocycles. The average Bonchev–Trinajstić information content (AvgIpc) is 2.47. The molecule has 3 rings (SSSR count). The molecule has 0 saturated heterocycles. The highest BCUT2D eigenvalue weighted by Gasteiger charge is 2.03. The lowest BCUT2D eigenvalue weighted by molar-refractivity contribution is 0.280. The first-order chi connectivity index (χ1) is 9.76. The Kier molecular flexibility index (Phi) is 3.35. The topological polar surface area (TPSA) is 42.4 Å². The van der Waals surface area contributed by atoms with E-state index in [-0.39, 0.29) is 6.61 Å². The third-order valence-electron chi connectivity index (χ3n) is 3.28. The minimum atomic E-state index is -0.00487. The molecule has 20 heavy (non-hydrogen) atoms. The van der Waals surface area contributed by atoms with E-state index >= 15 is 0 Å². The number of hydrogen-bond acceptors (Lipinski definition) is 3. The lowest BCUT2D eigenvalue weighted by atomic mass is 10.1. The quantitative estimate of drug-likeness (QED) is 0.782. The van der Waals surface area contributed by atoms with E-state index in [9.17, 15) is 0 Å². The van der Waals surface area contributed by atoms with Crippen LogP contribution >= 0.6 is 0 Å². The Bertz CT molecular complexity index is 753. The molecule has 3 heteroatoms. The van der Waals surface area contributed by atoms with Crippen molar-refractivity contribution in [1.29, 1.82) is 0 Å². The molecule has 0 aliphatic carbocycles. The van der Waals surface area contributed by atoms with Crippen molar-refractivity contribution < 1.29 is 9.84 Å². The van der Waals surface area contributed by atoms with Gasteiger partial charge in [-0.15, -0.1) is 0 Å². The zero-order chi connectivity index (χ0) is 13.9. The minimum absolute atomic E-state index is 0.00487. The number of rotatable bonds is 3. The fraction of sp³-hybridized carbons (Fsp3) is 0.118. The maximum absolute atomic E-state index is 9.14. The molecule has 0 atom stereocenters. The summed E-state index contributed by atoms with van der Waals surface area (Å²) in [5.41, 5.74) is 1.60. The van der Waals surface area contributed by atoms with Crippen molar-refractivity contribution in [1.82, 2.24) is 4.98 Å². The number of aliphatic hydroxyl groups is 1. The van der Waals surface area contributed by atoms with Gasteiger partial charge in [-0.25, -0.2) is 4.98 Å². The predicted molar refractivity (Wildman–Crippen MR) is 78.9 cm³/mol. The zero-order valence-electron chi connectivity index (χ0n) is 11.2. The maximum Gasteiger partial charge on any atom is 0.219 e. The summed E-state index contributed by atoms with van der Waals surface area (Å²) in [5.74, 6) is 1.29. The number of aryl methyl sites for hydroxylation is 1. The van der Waals surface area contributed by atoms with Gasteiger partial charge in [-0.3, -0.25) is 0 Å². The Hall–Kier alpha value is -2.39. The van der Waals surface area contributed by atoms with E-state index in [1.165, 1.54) is 5.39 Å². The Morgan fingerprint density at radius 3 is 2.55 bits per heavy atom. The third kappa shape index (κ3) is 2.49. The molecule has 1 heterocycles. The van der Waals surface area contributed by atoms with Crippen LogP contribution in [0.4, 0.5) is 0 Å². The lowest BCUT2D eigenvalue weighted by Crippen LogP contribution is -1.95. The van der Waals surface area contributed by atoms with Crippen LogP contribution in [0.2, 0.25) is 0 Å². The van der Waals surface area contributed by atoms with Crippen molar-refractivity contribution in [2.24, 2.45) is 0 Å². The van der Waals surface area contributed by atoms with Gasteiger partial charge in [-0.1, -0.05) is 30.3 Å². The standard InChI is InChI=1S/C17H15NO2/c1-12-15(11-19)7-9-17(18-12)20-16-8-6-13-4-2-3-5-14(13)10-16/h2-10,19H,11H2,1H3. The van der Waals surface area contributed by atoms with Crippen LogP contribution in [0.25, 0.3) is 10.8 Å². The number of aromatic nitrogens is 1. The summed E-state index contributed by atoms with van der Waals surface area (Å²) in [7, 11) is 0. The number of hydrogen-bond donors (Lipinski definition) is 1. The average molecular weight is 265 g/mol. The van der Waals surface area contributed by atoms with Crippen LogP contribution in [0.1, 0.15) is 11.3 Å². The monoisotopic (exact) mass is 265 g/mol. The van der Waals surface area contributed by atoms with Crippen molar-refractivity contribution >= 4 is 10.8 Å².